The molecule has 0 unspecified atom stereocenters. The van der Waals surface area contributed by atoms with Crippen molar-refractivity contribution in [1.29, 1.82) is 5.26 Å². The Kier molecular flexibility index (Phi) is 8.50. The highest BCUT2D eigenvalue weighted by Gasteiger charge is 2.26. The van der Waals surface area contributed by atoms with E-state index in [1.165, 1.54) is 5.57 Å². The smallest absolute Gasteiger partial charge is 0.309 e. The Morgan fingerprint density at radius 2 is 2.00 bits per heavy atom. The monoisotopic (exact) mass is 490 g/mol. The summed E-state index contributed by atoms with van der Waals surface area (Å²) in [6, 6.07) is 13.6. The molecule has 0 N–H and O–H groups in total. The van der Waals surface area contributed by atoms with Crippen molar-refractivity contribution in [3.8, 4) is 23.3 Å². The first-order valence-electron chi connectivity index (χ1n) is 12.6. The van der Waals surface area contributed by atoms with Gasteiger partial charge in [0.05, 0.1) is 24.2 Å². The van der Waals surface area contributed by atoms with Crippen LogP contribution in [0.1, 0.15) is 50.3 Å². The number of nitriles is 1. The average Bonchev–Trinajstić information content (AvgIpc) is 2.88. The van der Waals surface area contributed by atoms with Gasteiger partial charge in [-0.1, -0.05) is 6.07 Å². The Balaban J connectivity index is 1.32. The lowest BCUT2D eigenvalue weighted by Gasteiger charge is -2.32. The third kappa shape index (κ3) is 6.58. The minimum Gasteiger partial charge on any atom is -0.490 e. The van der Waals surface area contributed by atoms with Crippen LogP contribution in [0.15, 0.2) is 42.0 Å². The predicted octanol–water partition coefficient (Wildman–Crippen LogP) is 4.98. The summed E-state index contributed by atoms with van der Waals surface area (Å²) in [5.41, 5.74) is 3.65. The molecule has 7 heteroatoms. The van der Waals surface area contributed by atoms with E-state index in [0.717, 1.165) is 49.4 Å². The fraction of sp³-hybridized carbons (Fsp3) is 0.448. The van der Waals surface area contributed by atoms with E-state index in [9.17, 15) is 10.1 Å². The Labute approximate surface area is 213 Å². The molecule has 2 heterocycles. The number of nitrogens with zero attached hydrogens (tertiary/aromatic N) is 2. The molecule has 1 fully saturated rings. The van der Waals surface area contributed by atoms with E-state index in [2.05, 4.69) is 17.0 Å². The number of rotatable bonds is 9. The van der Waals surface area contributed by atoms with Gasteiger partial charge >= 0.3 is 5.97 Å². The van der Waals surface area contributed by atoms with Gasteiger partial charge in [0, 0.05) is 18.2 Å². The van der Waals surface area contributed by atoms with Crippen LogP contribution in [0.2, 0.25) is 0 Å². The van der Waals surface area contributed by atoms with Crippen molar-refractivity contribution in [3.63, 3.8) is 0 Å². The molecule has 0 amide bonds. The Bertz CT molecular complexity index is 1140. The minimum absolute atomic E-state index is 0.00722. The van der Waals surface area contributed by atoms with Crippen LogP contribution in [0.25, 0.3) is 6.08 Å². The molecule has 2 aromatic rings. The van der Waals surface area contributed by atoms with Crippen molar-refractivity contribution < 1.29 is 23.7 Å². The van der Waals surface area contributed by atoms with Gasteiger partial charge in [-0.05, 0) is 88.2 Å². The molecule has 4 rings (SSSR count). The van der Waals surface area contributed by atoms with Gasteiger partial charge < -0.3 is 18.9 Å². The van der Waals surface area contributed by atoms with Crippen LogP contribution < -0.4 is 14.2 Å². The van der Waals surface area contributed by atoms with Crippen molar-refractivity contribution in [2.75, 3.05) is 32.8 Å². The molecule has 0 saturated carbocycles. The van der Waals surface area contributed by atoms with Gasteiger partial charge in [-0.15, -0.1) is 0 Å². The van der Waals surface area contributed by atoms with Gasteiger partial charge in [-0.2, -0.15) is 5.26 Å². The van der Waals surface area contributed by atoms with Gasteiger partial charge in [0.1, 0.15) is 36.5 Å². The van der Waals surface area contributed by atoms with Gasteiger partial charge in [-0.25, -0.2) is 0 Å². The molecular weight excluding hydrogens is 456 g/mol. The summed E-state index contributed by atoms with van der Waals surface area (Å²) in [5, 5.41) is 9.44. The molecule has 0 aliphatic carbocycles. The summed E-state index contributed by atoms with van der Waals surface area (Å²) in [4.78, 5) is 14.3. The number of carbonyl (C=O) groups excluding carboxylic acids is 1. The third-order valence-corrected chi connectivity index (χ3v) is 6.32. The lowest BCUT2D eigenvalue weighted by molar-refractivity contribution is -0.149. The van der Waals surface area contributed by atoms with Crippen molar-refractivity contribution >= 4 is 12.0 Å². The van der Waals surface area contributed by atoms with E-state index in [1.54, 1.807) is 6.07 Å². The summed E-state index contributed by atoms with van der Waals surface area (Å²) in [6.45, 7) is 9.66. The summed E-state index contributed by atoms with van der Waals surface area (Å²) in [6.07, 6.45) is 3.88. The number of piperidine rings is 1. The van der Waals surface area contributed by atoms with E-state index >= 15 is 0 Å². The lowest BCUT2D eigenvalue weighted by Crippen LogP contribution is -2.38. The first-order valence-corrected chi connectivity index (χ1v) is 12.6. The summed E-state index contributed by atoms with van der Waals surface area (Å²) in [7, 11) is 0. The average molecular weight is 491 g/mol. The highest BCUT2D eigenvalue weighted by molar-refractivity contribution is 5.72. The quantitative estimate of drug-likeness (QED) is 0.459. The number of fused-ring (bicyclic) bond motifs is 1. The van der Waals surface area contributed by atoms with E-state index in [1.807, 2.05) is 51.1 Å². The molecule has 0 atom stereocenters. The van der Waals surface area contributed by atoms with Crippen molar-refractivity contribution in [2.45, 2.75) is 46.3 Å². The second-order valence-corrected chi connectivity index (χ2v) is 9.49. The molecule has 0 radical (unpaired) electrons. The maximum absolute atomic E-state index is 12.0. The highest BCUT2D eigenvalue weighted by Crippen LogP contribution is 2.32. The maximum atomic E-state index is 12.0. The Morgan fingerprint density at radius 1 is 1.19 bits per heavy atom. The zero-order valence-electron chi connectivity index (χ0n) is 21.3. The van der Waals surface area contributed by atoms with E-state index in [0.29, 0.717) is 36.9 Å². The zero-order valence-corrected chi connectivity index (χ0v) is 21.3. The predicted molar refractivity (Wildman–Crippen MR) is 137 cm³/mol. The summed E-state index contributed by atoms with van der Waals surface area (Å²) < 4.78 is 22.9. The standard InChI is InChI=1S/C29H34N2O5/c1-4-33-29(32)23-9-11-31(12-10-23)17-22-14-24-6-7-26(15-28(24)35-19-22)34-18-21-5-8-27(36-20(2)3)25(13-21)16-30/h5-8,13-15,20,23H,4,9-12,17-19H2,1-3H3. The van der Waals surface area contributed by atoms with Crippen LogP contribution in [0, 0.1) is 17.2 Å². The number of likely N-dealkylation sites (tertiary alicyclic amines) is 1. The molecular formula is C29H34N2O5. The molecule has 1 saturated heterocycles. The first kappa shape index (κ1) is 25.6. The normalized spacial score (nSPS) is 15.9. The van der Waals surface area contributed by atoms with E-state index in [4.69, 9.17) is 18.9 Å². The fourth-order valence-corrected chi connectivity index (χ4v) is 4.52. The van der Waals surface area contributed by atoms with Gasteiger partial charge in [0.15, 0.2) is 0 Å². The number of carbonyl (C=O) groups is 1. The van der Waals surface area contributed by atoms with E-state index in [-0.39, 0.29) is 18.0 Å². The molecule has 2 aliphatic rings. The largest absolute Gasteiger partial charge is 0.490 e. The second-order valence-electron chi connectivity index (χ2n) is 9.49. The van der Waals surface area contributed by atoms with Crippen molar-refractivity contribution in [1.82, 2.24) is 4.90 Å². The number of ether oxygens (including phenoxy) is 4. The molecule has 0 aromatic heterocycles. The Morgan fingerprint density at radius 3 is 2.72 bits per heavy atom. The second kappa shape index (κ2) is 12.0. The molecule has 7 nitrogen and oxygen atoms in total. The fourth-order valence-electron chi connectivity index (χ4n) is 4.52. The Hall–Kier alpha value is -3.50. The van der Waals surface area contributed by atoms with Gasteiger partial charge in [0.25, 0.3) is 0 Å². The molecule has 190 valence electrons. The first-order chi connectivity index (χ1) is 17.4. The zero-order chi connectivity index (χ0) is 25.5. The number of esters is 1. The molecule has 2 aromatic carbocycles. The lowest BCUT2D eigenvalue weighted by atomic mass is 9.96. The van der Waals surface area contributed by atoms with Crippen LogP contribution in [-0.4, -0.2) is 49.8 Å². The van der Waals surface area contributed by atoms with Crippen LogP contribution in [0.5, 0.6) is 17.2 Å². The molecule has 0 spiro atoms. The number of hydrogen-bond acceptors (Lipinski definition) is 7. The molecule has 2 aliphatic heterocycles. The maximum Gasteiger partial charge on any atom is 0.309 e. The summed E-state index contributed by atoms with van der Waals surface area (Å²) >= 11 is 0. The van der Waals surface area contributed by atoms with Gasteiger partial charge in [0.2, 0.25) is 0 Å². The molecule has 36 heavy (non-hydrogen) atoms. The van der Waals surface area contributed by atoms with Crippen LogP contribution in [0.4, 0.5) is 0 Å². The topological polar surface area (TPSA) is 81.0 Å². The van der Waals surface area contributed by atoms with Crippen LogP contribution >= 0.6 is 0 Å². The van der Waals surface area contributed by atoms with E-state index < -0.39 is 0 Å². The summed E-state index contributed by atoms with van der Waals surface area (Å²) in [5.74, 6) is 2.06. The van der Waals surface area contributed by atoms with Crippen LogP contribution in [-0.2, 0) is 16.1 Å². The third-order valence-electron chi connectivity index (χ3n) is 6.32. The highest BCUT2D eigenvalue weighted by atomic mass is 16.5. The minimum atomic E-state index is -0.0630. The SMILES string of the molecule is CCOC(=O)C1CCN(CC2=Cc3ccc(OCc4ccc(OC(C)C)c(C#N)c4)cc3OC2)CC1. The van der Waals surface area contributed by atoms with Gasteiger partial charge in [-0.3, -0.25) is 9.69 Å². The van der Waals surface area contributed by atoms with Crippen molar-refractivity contribution in [2.24, 2.45) is 5.92 Å². The number of benzene rings is 2. The number of hydrogen-bond donors (Lipinski definition) is 0. The molecule has 0 bridgehead atoms. The van der Waals surface area contributed by atoms with Crippen molar-refractivity contribution in [3.05, 3.63) is 58.7 Å². The van der Waals surface area contributed by atoms with Crippen LogP contribution in [0.3, 0.4) is 0 Å².